The lowest BCUT2D eigenvalue weighted by atomic mass is 10.2. The van der Waals surface area contributed by atoms with E-state index >= 15 is 0 Å². The zero-order valence-electron chi connectivity index (χ0n) is 13.5. The van der Waals surface area contributed by atoms with E-state index < -0.39 is 0 Å². The second kappa shape index (κ2) is 7.99. The lowest BCUT2D eigenvalue weighted by Gasteiger charge is -2.07. The van der Waals surface area contributed by atoms with Crippen molar-refractivity contribution in [2.24, 2.45) is 0 Å². The summed E-state index contributed by atoms with van der Waals surface area (Å²) in [6.07, 6.45) is 0. The molecule has 1 aromatic heterocycles. The molecule has 1 N–H and O–H groups in total. The summed E-state index contributed by atoms with van der Waals surface area (Å²) in [7, 11) is 3.21. The van der Waals surface area contributed by atoms with Gasteiger partial charge >= 0.3 is 0 Å². The molecule has 2 aromatic carbocycles. The number of thioether (sulfide) groups is 1. The molecule has 130 valence electrons. The Kier molecular flexibility index (Phi) is 5.73. The Bertz CT molecular complexity index is 866. The van der Waals surface area contributed by atoms with Crippen LogP contribution in [0, 0.1) is 0 Å². The van der Waals surface area contributed by atoms with E-state index in [9.17, 15) is 0 Å². The Morgan fingerprint density at radius 1 is 1.08 bits per heavy atom. The fourth-order valence-corrected chi connectivity index (χ4v) is 3.77. The maximum absolute atomic E-state index is 6.19. The van der Waals surface area contributed by atoms with E-state index in [1.54, 1.807) is 20.3 Å². The van der Waals surface area contributed by atoms with Crippen LogP contribution in [-0.2, 0) is 5.75 Å². The average Bonchev–Trinajstić information content (AvgIpc) is 3.09. The molecule has 0 radical (unpaired) electrons. The van der Waals surface area contributed by atoms with Crippen LogP contribution in [0.1, 0.15) is 5.56 Å². The summed E-state index contributed by atoms with van der Waals surface area (Å²) < 4.78 is 10.6. The molecule has 0 aliphatic carbocycles. The summed E-state index contributed by atoms with van der Waals surface area (Å²) >= 11 is 13.8. The molecule has 0 saturated carbocycles. The van der Waals surface area contributed by atoms with E-state index in [0.717, 1.165) is 11.1 Å². The first-order chi connectivity index (χ1) is 12.1. The van der Waals surface area contributed by atoms with Gasteiger partial charge in [-0.25, -0.2) is 4.98 Å². The van der Waals surface area contributed by atoms with Gasteiger partial charge in [0.1, 0.15) is 11.5 Å². The van der Waals surface area contributed by atoms with Crippen LogP contribution in [0.25, 0.3) is 11.4 Å². The molecule has 8 heteroatoms. The molecule has 5 nitrogen and oxygen atoms in total. The molecule has 0 fully saturated rings. The minimum Gasteiger partial charge on any atom is -0.497 e. The first kappa shape index (κ1) is 17.9. The van der Waals surface area contributed by atoms with Crippen LogP contribution in [0.4, 0.5) is 0 Å². The number of H-pyrrole nitrogens is 1. The third-order valence-electron chi connectivity index (χ3n) is 3.54. The molecule has 3 rings (SSSR count). The first-order valence-corrected chi connectivity index (χ1v) is 9.07. The smallest absolute Gasteiger partial charge is 0.209 e. The van der Waals surface area contributed by atoms with E-state index in [1.807, 2.05) is 30.3 Å². The van der Waals surface area contributed by atoms with Gasteiger partial charge < -0.3 is 9.47 Å². The van der Waals surface area contributed by atoms with E-state index in [-0.39, 0.29) is 0 Å². The van der Waals surface area contributed by atoms with Crippen molar-refractivity contribution in [3.05, 3.63) is 52.0 Å². The van der Waals surface area contributed by atoms with Crippen molar-refractivity contribution in [1.29, 1.82) is 0 Å². The normalized spacial score (nSPS) is 10.7. The van der Waals surface area contributed by atoms with Crippen LogP contribution < -0.4 is 9.47 Å². The van der Waals surface area contributed by atoms with Gasteiger partial charge in [-0.2, -0.15) is 0 Å². The summed E-state index contributed by atoms with van der Waals surface area (Å²) in [5.41, 5.74) is 1.67. The minimum atomic E-state index is 0.579. The van der Waals surface area contributed by atoms with Crippen LogP contribution in [0.5, 0.6) is 11.5 Å². The van der Waals surface area contributed by atoms with Gasteiger partial charge in [0.25, 0.3) is 0 Å². The molecular weight excluding hydrogens is 381 g/mol. The molecule has 0 bridgehead atoms. The second-order valence-corrected chi connectivity index (χ2v) is 6.78. The molecule has 25 heavy (non-hydrogen) atoms. The Morgan fingerprint density at radius 2 is 1.84 bits per heavy atom. The zero-order chi connectivity index (χ0) is 17.8. The van der Waals surface area contributed by atoms with E-state index in [1.165, 1.54) is 11.8 Å². The molecule has 0 aliphatic rings. The van der Waals surface area contributed by atoms with Crippen LogP contribution in [-0.4, -0.2) is 29.4 Å². The van der Waals surface area contributed by atoms with Crippen molar-refractivity contribution in [2.75, 3.05) is 14.2 Å². The van der Waals surface area contributed by atoms with Crippen LogP contribution >= 0.6 is 35.0 Å². The van der Waals surface area contributed by atoms with Gasteiger partial charge in [0, 0.05) is 21.9 Å². The maximum atomic E-state index is 6.19. The topological polar surface area (TPSA) is 60.0 Å². The maximum Gasteiger partial charge on any atom is 0.209 e. The zero-order valence-corrected chi connectivity index (χ0v) is 15.9. The SMILES string of the molecule is COc1ccc(-c2nc(SCc3c(Cl)cccc3Cl)n[nH]2)c(OC)c1. The van der Waals surface area contributed by atoms with Crippen LogP contribution in [0.2, 0.25) is 10.0 Å². The lowest BCUT2D eigenvalue weighted by molar-refractivity contribution is 0.395. The van der Waals surface area contributed by atoms with Crippen molar-refractivity contribution < 1.29 is 9.47 Å². The number of aromatic nitrogens is 3. The molecule has 0 saturated heterocycles. The molecule has 0 unspecified atom stereocenters. The van der Waals surface area contributed by atoms with Crippen LogP contribution in [0.3, 0.4) is 0 Å². The van der Waals surface area contributed by atoms with Gasteiger partial charge in [0.05, 0.1) is 19.8 Å². The number of hydrogen-bond donors (Lipinski definition) is 1. The van der Waals surface area contributed by atoms with Crippen LogP contribution in [0.15, 0.2) is 41.6 Å². The molecule has 0 atom stereocenters. The highest BCUT2D eigenvalue weighted by atomic mass is 35.5. The van der Waals surface area contributed by atoms with Crippen molar-refractivity contribution in [3.8, 4) is 22.9 Å². The summed E-state index contributed by atoms with van der Waals surface area (Å²) in [5.74, 6) is 2.56. The Morgan fingerprint density at radius 3 is 2.52 bits per heavy atom. The number of nitrogens with zero attached hydrogens (tertiary/aromatic N) is 2. The highest BCUT2D eigenvalue weighted by molar-refractivity contribution is 7.98. The fourth-order valence-electron chi connectivity index (χ4n) is 2.23. The fraction of sp³-hybridized carbons (Fsp3) is 0.176. The second-order valence-electron chi connectivity index (χ2n) is 5.02. The van der Waals surface area contributed by atoms with E-state index in [4.69, 9.17) is 32.7 Å². The molecule has 1 heterocycles. The highest BCUT2D eigenvalue weighted by Gasteiger charge is 2.13. The van der Waals surface area contributed by atoms with Gasteiger partial charge in [0.2, 0.25) is 5.16 Å². The van der Waals surface area contributed by atoms with Crippen molar-refractivity contribution in [2.45, 2.75) is 10.9 Å². The number of rotatable bonds is 6. The summed E-state index contributed by atoms with van der Waals surface area (Å²) in [6.45, 7) is 0. The highest BCUT2D eigenvalue weighted by Crippen LogP contribution is 2.33. The number of benzene rings is 2. The largest absolute Gasteiger partial charge is 0.497 e. The molecule has 0 aliphatic heterocycles. The number of aromatic amines is 1. The lowest BCUT2D eigenvalue weighted by Crippen LogP contribution is -1.91. The van der Waals surface area contributed by atoms with E-state index in [2.05, 4.69) is 15.2 Å². The Hall–Kier alpha value is -1.89. The number of nitrogens with one attached hydrogen (secondary N) is 1. The van der Waals surface area contributed by atoms with Gasteiger partial charge in [-0.15, -0.1) is 5.10 Å². The van der Waals surface area contributed by atoms with Gasteiger partial charge in [-0.05, 0) is 29.8 Å². The number of methoxy groups -OCH3 is 2. The Labute approximate surface area is 159 Å². The monoisotopic (exact) mass is 395 g/mol. The first-order valence-electron chi connectivity index (χ1n) is 7.33. The number of hydrogen-bond acceptors (Lipinski definition) is 5. The Balaban J connectivity index is 1.79. The van der Waals surface area contributed by atoms with Crippen molar-refractivity contribution in [3.63, 3.8) is 0 Å². The van der Waals surface area contributed by atoms with Crippen molar-refractivity contribution in [1.82, 2.24) is 15.2 Å². The third-order valence-corrected chi connectivity index (χ3v) is 5.12. The summed E-state index contributed by atoms with van der Waals surface area (Å²) in [4.78, 5) is 4.51. The minimum absolute atomic E-state index is 0.579. The average molecular weight is 396 g/mol. The van der Waals surface area contributed by atoms with Gasteiger partial charge in [-0.1, -0.05) is 41.0 Å². The van der Waals surface area contributed by atoms with Gasteiger partial charge in [0.15, 0.2) is 5.82 Å². The standard InChI is InChI=1S/C17H15Cl2N3O2S/c1-23-10-6-7-11(15(8-10)24-2)16-20-17(22-21-16)25-9-12-13(18)4-3-5-14(12)19/h3-8H,9H2,1-2H3,(H,20,21,22). The molecular formula is C17H15Cl2N3O2S. The van der Waals surface area contributed by atoms with Crippen molar-refractivity contribution >= 4 is 35.0 Å². The predicted octanol–water partition coefficient (Wildman–Crippen LogP) is 5.09. The van der Waals surface area contributed by atoms with Gasteiger partial charge in [-0.3, -0.25) is 5.10 Å². The molecule has 3 aromatic rings. The predicted molar refractivity (Wildman–Crippen MR) is 101 cm³/mol. The number of halogens is 2. The van der Waals surface area contributed by atoms with E-state index in [0.29, 0.717) is 38.3 Å². The number of ether oxygens (including phenoxy) is 2. The third kappa shape index (κ3) is 4.03. The summed E-state index contributed by atoms with van der Waals surface area (Å²) in [6, 6.07) is 11.0. The molecule has 0 amide bonds. The summed E-state index contributed by atoms with van der Waals surface area (Å²) in [5, 5.41) is 9.03. The molecule has 0 spiro atoms. The quantitative estimate of drug-likeness (QED) is 0.589.